The predicted molar refractivity (Wildman–Crippen MR) is 77.4 cm³/mol. The summed E-state index contributed by atoms with van der Waals surface area (Å²) in [5.74, 6) is -0.770. The van der Waals surface area contributed by atoms with Gasteiger partial charge in [-0.3, -0.25) is 14.9 Å². The van der Waals surface area contributed by atoms with Crippen LogP contribution >= 0.6 is 0 Å². The molecule has 0 aliphatic heterocycles. The van der Waals surface area contributed by atoms with Crippen LogP contribution in [0.2, 0.25) is 0 Å². The van der Waals surface area contributed by atoms with E-state index < -0.39 is 17.0 Å². The van der Waals surface area contributed by atoms with Crippen LogP contribution in [0.3, 0.4) is 0 Å². The van der Waals surface area contributed by atoms with E-state index in [1.165, 1.54) is 31.2 Å². The number of nitro groups is 1. The molecule has 1 atom stereocenters. The maximum atomic E-state index is 11.5. The lowest BCUT2D eigenvalue weighted by Crippen LogP contribution is -2.37. The van der Waals surface area contributed by atoms with Crippen LogP contribution in [0.15, 0.2) is 24.3 Å². The molecule has 1 rings (SSSR count). The van der Waals surface area contributed by atoms with Crippen molar-refractivity contribution in [1.82, 2.24) is 5.32 Å². The second-order valence-corrected chi connectivity index (χ2v) is 4.46. The largest absolute Gasteiger partial charge is 0.482 e. The molecule has 0 aliphatic carbocycles. The molecular weight excluding hydrogens is 292 g/mol. The van der Waals surface area contributed by atoms with E-state index in [1.807, 2.05) is 6.92 Å². The van der Waals surface area contributed by atoms with Gasteiger partial charge < -0.3 is 14.8 Å². The van der Waals surface area contributed by atoms with Gasteiger partial charge in [0.15, 0.2) is 12.7 Å². The van der Waals surface area contributed by atoms with Crippen molar-refractivity contribution in [1.29, 1.82) is 0 Å². The number of rotatable bonds is 8. The molecule has 0 aliphatic rings. The Labute approximate surface area is 127 Å². The second kappa shape index (κ2) is 8.60. The van der Waals surface area contributed by atoms with Gasteiger partial charge in [-0.15, -0.1) is 0 Å². The van der Waals surface area contributed by atoms with Crippen LogP contribution in [0.4, 0.5) is 5.69 Å². The molecule has 1 aromatic rings. The van der Waals surface area contributed by atoms with Crippen LogP contribution < -0.4 is 10.1 Å². The van der Waals surface area contributed by atoms with Gasteiger partial charge in [-0.1, -0.05) is 6.92 Å². The first-order valence-electron chi connectivity index (χ1n) is 6.78. The summed E-state index contributed by atoms with van der Waals surface area (Å²) in [6.07, 6.45) is -0.116. The van der Waals surface area contributed by atoms with Crippen LogP contribution in [-0.4, -0.2) is 36.1 Å². The van der Waals surface area contributed by atoms with Crippen molar-refractivity contribution < 1.29 is 24.0 Å². The molecule has 0 heterocycles. The highest BCUT2D eigenvalue weighted by Crippen LogP contribution is 2.17. The third-order valence-electron chi connectivity index (χ3n) is 2.63. The van der Waals surface area contributed by atoms with Gasteiger partial charge in [0.25, 0.3) is 11.6 Å². The number of carbonyl (C=O) groups is 2. The first kappa shape index (κ1) is 17.4. The standard InChI is InChI=1S/C14H18N2O6/c1-3-8-15-14(18)10(2)22-13(17)9-21-12-6-4-11(5-7-12)16(19)20/h4-7,10H,3,8-9H2,1-2H3,(H,15,18)/t10-/m1/s1. The minimum Gasteiger partial charge on any atom is -0.482 e. The Balaban J connectivity index is 2.39. The summed E-state index contributed by atoms with van der Waals surface area (Å²) in [5, 5.41) is 13.1. The van der Waals surface area contributed by atoms with Gasteiger partial charge in [0.05, 0.1) is 4.92 Å². The van der Waals surface area contributed by atoms with Gasteiger partial charge in [-0.2, -0.15) is 0 Å². The van der Waals surface area contributed by atoms with E-state index in [-0.39, 0.29) is 18.2 Å². The maximum Gasteiger partial charge on any atom is 0.344 e. The number of hydrogen-bond donors (Lipinski definition) is 1. The van der Waals surface area contributed by atoms with Crippen molar-refractivity contribution in [2.75, 3.05) is 13.2 Å². The normalized spacial score (nSPS) is 11.4. The number of nitro benzene ring substituents is 1. The molecule has 1 N–H and O–H groups in total. The predicted octanol–water partition coefficient (Wildman–Crippen LogP) is 1.43. The summed E-state index contributed by atoms with van der Waals surface area (Å²) < 4.78 is 10.0. The number of hydrogen-bond acceptors (Lipinski definition) is 6. The van der Waals surface area contributed by atoms with Gasteiger partial charge in [0, 0.05) is 18.7 Å². The number of ether oxygens (including phenoxy) is 2. The Kier molecular flexibility index (Phi) is 6.81. The van der Waals surface area contributed by atoms with Crippen LogP contribution in [0, 0.1) is 10.1 Å². The Morgan fingerprint density at radius 2 is 1.95 bits per heavy atom. The molecule has 0 bridgehead atoms. The van der Waals surface area contributed by atoms with Crippen LogP contribution in [-0.2, 0) is 14.3 Å². The molecule has 0 aromatic heterocycles. The highest BCUT2D eigenvalue weighted by molar-refractivity contribution is 5.83. The molecule has 0 unspecified atom stereocenters. The van der Waals surface area contributed by atoms with Crippen LogP contribution in [0.5, 0.6) is 5.75 Å². The lowest BCUT2D eigenvalue weighted by Gasteiger charge is -2.13. The molecule has 1 aromatic carbocycles. The zero-order valence-electron chi connectivity index (χ0n) is 12.4. The highest BCUT2D eigenvalue weighted by Gasteiger charge is 2.17. The van der Waals surface area contributed by atoms with Crippen molar-refractivity contribution in [2.45, 2.75) is 26.4 Å². The smallest absolute Gasteiger partial charge is 0.344 e. The van der Waals surface area contributed by atoms with Gasteiger partial charge in [0.2, 0.25) is 0 Å². The third-order valence-corrected chi connectivity index (χ3v) is 2.63. The van der Waals surface area contributed by atoms with E-state index in [0.717, 1.165) is 6.42 Å². The molecule has 8 nitrogen and oxygen atoms in total. The molecular formula is C14H18N2O6. The lowest BCUT2D eigenvalue weighted by molar-refractivity contribution is -0.384. The average molecular weight is 310 g/mol. The Morgan fingerprint density at radius 1 is 1.32 bits per heavy atom. The van der Waals surface area contributed by atoms with Crippen molar-refractivity contribution >= 4 is 17.6 Å². The van der Waals surface area contributed by atoms with Crippen LogP contribution in [0.25, 0.3) is 0 Å². The van der Waals surface area contributed by atoms with E-state index in [0.29, 0.717) is 12.3 Å². The Morgan fingerprint density at radius 3 is 2.50 bits per heavy atom. The molecule has 0 radical (unpaired) electrons. The number of nitrogens with one attached hydrogen (secondary N) is 1. The number of esters is 1. The summed E-state index contributed by atoms with van der Waals surface area (Å²) in [7, 11) is 0. The van der Waals surface area contributed by atoms with E-state index >= 15 is 0 Å². The average Bonchev–Trinajstić information content (AvgIpc) is 2.50. The first-order valence-corrected chi connectivity index (χ1v) is 6.78. The van der Waals surface area contributed by atoms with E-state index in [1.54, 1.807) is 0 Å². The lowest BCUT2D eigenvalue weighted by atomic mass is 10.3. The van der Waals surface area contributed by atoms with Gasteiger partial charge >= 0.3 is 5.97 Å². The molecule has 0 spiro atoms. The fourth-order valence-electron chi connectivity index (χ4n) is 1.48. The van der Waals surface area contributed by atoms with Crippen molar-refractivity contribution in [2.24, 2.45) is 0 Å². The summed E-state index contributed by atoms with van der Waals surface area (Å²) in [4.78, 5) is 33.0. The Hall–Kier alpha value is -2.64. The van der Waals surface area contributed by atoms with Gasteiger partial charge in [-0.25, -0.2) is 4.79 Å². The quantitative estimate of drug-likeness (QED) is 0.442. The Bertz CT molecular complexity index is 529. The number of benzene rings is 1. The van der Waals surface area contributed by atoms with Crippen molar-refractivity contribution in [3.8, 4) is 5.75 Å². The fourth-order valence-corrected chi connectivity index (χ4v) is 1.48. The number of carbonyl (C=O) groups excluding carboxylic acids is 2. The minimum absolute atomic E-state index is 0.0730. The van der Waals surface area contributed by atoms with Gasteiger partial charge in [-0.05, 0) is 25.5 Å². The number of nitrogens with zero attached hydrogens (tertiary/aromatic N) is 1. The zero-order valence-corrected chi connectivity index (χ0v) is 12.4. The minimum atomic E-state index is -0.903. The topological polar surface area (TPSA) is 108 Å². The molecule has 0 saturated carbocycles. The van der Waals surface area contributed by atoms with Gasteiger partial charge in [0.1, 0.15) is 5.75 Å². The summed E-state index contributed by atoms with van der Waals surface area (Å²) in [5.41, 5.74) is -0.0730. The maximum absolute atomic E-state index is 11.5. The van der Waals surface area contributed by atoms with Crippen molar-refractivity contribution in [3.05, 3.63) is 34.4 Å². The molecule has 120 valence electrons. The number of non-ortho nitro benzene ring substituents is 1. The fraction of sp³-hybridized carbons (Fsp3) is 0.429. The summed E-state index contributed by atoms with van der Waals surface area (Å²) in [6, 6.07) is 5.29. The zero-order chi connectivity index (χ0) is 16.5. The number of amides is 1. The second-order valence-electron chi connectivity index (χ2n) is 4.46. The monoisotopic (exact) mass is 310 g/mol. The molecule has 8 heteroatoms. The third kappa shape index (κ3) is 5.78. The van der Waals surface area contributed by atoms with E-state index in [2.05, 4.69) is 5.32 Å². The molecule has 1 amide bonds. The van der Waals surface area contributed by atoms with Crippen molar-refractivity contribution in [3.63, 3.8) is 0 Å². The molecule has 0 saturated heterocycles. The first-order chi connectivity index (χ1) is 10.4. The van der Waals surface area contributed by atoms with Crippen LogP contribution in [0.1, 0.15) is 20.3 Å². The van der Waals surface area contributed by atoms with E-state index in [4.69, 9.17) is 9.47 Å². The molecule has 0 fully saturated rings. The summed E-state index contributed by atoms with van der Waals surface area (Å²) in [6.45, 7) is 3.51. The summed E-state index contributed by atoms with van der Waals surface area (Å²) >= 11 is 0. The highest BCUT2D eigenvalue weighted by atomic mass is 16.6. The SMILES string of the molecule is CCCNC(=O)[C@@H](C)OC(=O)COc1ccc([N+](=O)[O-])cc1. The molecule has 22 heavy (non-hydrogen) atoms. The van der Waals surface area contributed by atoms with E-state index in [9.17, 15) is 19.7 Å².